The maximum Gasteiger partial charge on any atom is 0.295 e. The summed E-state index contributed by atoms with van der Waals surface area (Å²) in [5.41, 5.74) is 1.13. The molecule has 1 aliphatic heterocycles. The van der Waals surface area contributed by atoms with Gasteiger partial charge in [0.1, 0.15) is 5.82 Å². The average Bonchev–Trinajstić information content (AvgIpc) is 2.48. The van der Waals surface area contributed by atoms with Crippen LogP contribution < -0.4 is 0 Å². The van der Waals surface area contributed by atoms with E-state index in [1.165, 1.54) is 23.2 Å². The first kappa shape index (κ1) is 13.4. The quantitative estimate of drug-likeness (QED) is 0.642. The summed E-state index contributed by atoms with van der Waals surface area (Å²) in [7, 11) is 0. The number of amides is 1. The highest BCUT2D eigenvalue weighted by Crippen LogP contribution is 2.33. The van der Waals surface area contributed by atoms with Crippen LogP contribution in [0, 0.1) is 5.82 Å². The Hall–Kier alpha value is -2.56. The van der Waals surface area contributed by atoms with Gasteiger partial charge in [-0.25, -0.2) is 4.39 Å². The van der Waals surface area contributed by atoms with Crippen molar-refractivity contribution in [3.05, 3.63) is 65.7 Å². The minimum Gasteiger partial charge on any atom is -0.329 e. The number of ketones is 1. The van der Waals surface area contributed by atoms with E-state index in [-0.39, 0.29) is 17.4 Å². The van der Waals surface area contributed by atoms with Crippen molar-refractivity contribution in [2.45, 2.75) is 12.5 Å². The minimum atomic E-state index is -0.560. The number of hydrogen-bond acceptors (Lipinski definition) is 3. The molecule has 0 N–H and O–H groups in total. The molecule has 1 fully saturated rings. The molecule has 0 bridgehead atoms. The Kier molecular flexibility index (Phi) is 3.48. The minimum absolute atomic E-state index is 0.154. The second-order valence-electron chi connectivity index (χ2n) is 4.93. The molecule has 1 unspecified atom stereocenters. The number of Topliss-reactive ketones (excluding diaryl/α,β-unsaturated/α-hetero) is 1. The van der Waals surface area contributed by atoms with E-state index in [1.807, 2.05) is 0 Å². The first-order valence-corrected chi connectivity index (χ1v) is 6.67. The van der Waals surface area contributed by atoms with Gasteiger partial charge in [0.15, 0.2) is 0 Å². The smallest absolute Gasteiger partial charge is 0.295 e. The molecule has 5 heteroatoms. The highest BCUT2D eigenvalue weighted by atomic mass is 19.1. The van der Waals surface area contributed by atoms with Crippen LogP contribution in [0.4, 0.5) is 4.39 Å². The average molecular weight is 284 g/mol. The number of pyridine rings is 1. The predicted octanol–water partition coefficient (Wildman–Crippen LogP) is 2.38. The van der Waals surface area contributed by atoms with Gasteiger partial charge in [-0.2, -0.15) is 0 Å². The van der Waals surface area contributed by atoms with Crippen molar-refractivity contribution >= 4 is 11.7 Å². The summed E-state index contributed by atoms with van der Waals surface area (Å²) in [5.74, 6) is -1.42. The van der Waals surface area contributed by atoms with Crippen molar-refractivity contribution < 1.29 is 14.0 Å². The van der Waals surface area contributed by atoms with E-state index in [9.17, 15) is 14.0 Å². The molecule has 106 valence electrons. The van der Waals surface area contributed by atoms with E-state index >= 15 is 0 Å². The Morgan fingerprint density at radius 2 is 1.95 bits per heavy atom. The molecule has 0 aliphatic carbocycles. The third kappa shape index (κ3) is 2.54. The zero-order valence-electron chi connectivity index (χ0n) is 11.2. The number of halogens is 1. The second-order valence-corrected chi connectivity index (χ2v) is 4.93. The first-order valence-electron chi connectivity index (χ1n) is 6.67. The maximum atomic E-state index is 12.9. The molecule has 21 heavy (non-hydrogen) atoms. The Bertz CT molecular complexity index is 670. The van der Waals surface area contributed by atoms with Crippen molar-refractivity contribution in [1.82, 2.24) is 9.88 Å². The molecular weight excluding hydrogens is 271 g/mol. The van der Waals surface area contributed by atoms with Gasteiger partial charge >= 0.3 is 0 Å². The predicted molar refractivity (Wildman–Crippen MR) is 74.0 cm³/mol. The van der Waals surface area contributed by atoms with Crippen LogP contribution in [0.1, 0.15) is 28.4 Å². The molecule has 1 saturated heterocycles. The molecule has 4 nitrogen and oxygen atoms in total. The first-order chi connectivity index (χ1) is 10.2. The standard InChI is InChI=1S/C16H13FN2O2/c17-13-5-3-11(4-6-13)14-7-9-19(14)16(21)15(20)12-2-1-8-18-10-12/h1-6,8,10,14H,7,9H2. The van der Waals surface area contributed by atoms with E-state index < -0.39 is 11.7 Å². The van der Waals surface area contributed by atoms with Gasteiger partial charge in [-0.15, -0.1) is 0 Å². The van der Waals surface area contributed by atoms with Gasteiger partial charge in [0.2, 0.25) is 0 Å². The molecular formula is C16H13FN2O2. The number of benzene rings is 1. The summed E-state index contributed by atoms with van der Waals surface area (Å²) in [6.07, 6.45) is 3.71. The summed E-state index contributed by atoms with van der Waals surface area (Å²) in [6, 6.07) is 9.05. The Morgan fingerprint density at radius 3 is 2.52 bits per heavy atom. The number of carbonyl (C=O) groups is 2. The fraction of sp³-hybridized carbons (Fsp3) is 0.188. The highest BCUT2D eigenvalue weighted by molar-refractivity contribution is 6.42. The normalized spacial score (nSPS) is 17.2. The van der Waals surface area contributed by atoms with Crippen LogP contribution in [-0.4, -0.2) is 28.1 Å². The van der Waals surface area contributed by atoms with E-state index in [2.05, 4.69) is 4.98 Å². The lowest BCUT2D eigenvalue weighted by Gasteiger charge is -2.40. The monoisotopic (exact) mass is 284 g/mol. The fourth-order valence-electron chi connectivity index (χ4n) is 2.41. The molecule has 1 amide bonds. The number of rotatable bonds is 3. The van der Waals surface area contributed by atoms with Gasteiger partial charge in [-0.05, 0) is 36.2 Å². The molecule has 0 spiro atoms. The summed E-state index contributed by atoms with van der Waals surface area (Å²) in [4.78, 5) is 29.7. The van der Waals surface area contributed by atoms with Crippen LogP contribution in [-0.2, 0) is 4.79 Å². The van der Waals surface area contributed by atoms with E-state index in [1.54, 1.807) is 30.5 Å². The molecule has 1 aliphatic rings. The second kappa shape index (κ2) is 5.44. The SMILES string of the molecule is O=C(C(=O)N1CCC1c1ccc(F)cc1)c1cccnc1. The molecule has 1 atom stereocenters. The van der Waals surface area contributed by atoms with Crippen molar-refractivity contribution in [3.8, 4) is 0 Å². The Balaban J connectivity index is 1.76. The number of likely N-dealkylation sites (tertiary alicyclic amines) is 1. The summed E-state index contributed by atoms with van der Waals surface area (Å²) >= 11 is 0. The molecule has 2 heterocycles. The van der Waals surface area contributed by atoms with Crippen molar-refractivity contribution in [2.75, 3.05) is 6.54 Å². The van der Waals surface area contributed by atoms with Gasteiger partial charge in [0.25, 0.3) is 11.7 Å². The van der Waals surface area contributed by atoms with Crippen LogP contribution >= 0.6 is 0 Å². The zero-order chi connectivity index (χ0) is 14.8. The van der Waals surface area contributed by atoms with Crippen LogP contribution in [0.25, 0.3) is 0 Å². The molecule has 3 rings (SSSR count). The van der Waals surface area contributed by atoms with Crippen LogP contribution in [0.3, 0.4) is 0 Å². The lowest BCUT2D eigenvalue weighted by Crippen LogP contribution is -2.48. The number of nitrogens with zero attached hydrogens (tertiary/aromatic N) is 2. The zero-order valence-corrected chi connectivity index (χ0v) is 11.2. The number of hydrogen-bond donors (Lipinski definition) is 0. The number of carbonyl (C=O) groups excluding carboxylic acids is 2. The van der Waals surface area contributed by atoms with E-state index in [0.29, 0.717) is 6.54 Å². The third-order valence-electron chi connectivity index (χ3n) is 3.65. The van der Waals surface area contributed by atoms with Gasteiger partial charge < -0.3 is 4.90 Å². The summed E-state index contributed by atoms with van der Waals surface area (Å²) < 4.78 is 12.9. The molecule has 0 radical (unpaired) electrons. The molecule has 1 aromatic heterocycles. The Morgan fingerprint density at radius 1 is 1.19 bits per heavy atom. The maximum absolute atomic E-state index is 12.9. The van der Waals surface area contributed by atoms with Crippen molar-refractivity contribution in [2.24, 2.45) is 0 Å². The lowest BCUT2D eigenvalue weighted by molar-refractivity contribution is -0.134. The highest BCUT2D eigenvalue weighted by Gasteiger charge is 2.36. The van der Waals surface area contributed by atoms with Crippen molar-refractivity contribution in [1.29, 1.82) is 0 Å². The van der Waals surface area contributed by atoms with Gasteiger partial charge in [-0.1, -0.05) is 12.1 Å². The van der Waals surface area contributed by atoms with Gasteiger partial charge in [-0.3, -0.25) is 14.6 Å². The number of aromatic nitrogens is 1. The molecule has 0 saturated carbocycles. The fourth-order valence-corrected chi connectivity index (χ4v) is 2.41. The largest absolute Gasteiger partial charge is 0.329 e. The van der Waals surface area contributed by atoms with Crippen LogP contribution in [0.2, 0.25) is 0 Å². The van der Waals surface area contributed by atoms with Gasteiger partial charge in [0.05, 0.1) is 6.04 Å². The van der Waals surface area contributed by atoms with Crippen molar-refractivity contribution in [3.63, 3.8) is 0 Å². The van der Waals surface area contributed by atoms with E-state index in [4.69, 9.17) is 0 Å². The van der Waals surface area contributed by atoms with Crippen LogP contribution in [0.5, 0.6) is 0 Å². The lowest BCUT2D eigenvalue weighted by atomic mass is 9.93. The van der Waals surface area contributed by atoms with E-state index in [0.717, 1.165) is 12.0 Å². The Labute approximate surface area is 121 Å². The van der Waals surface area contributed by atoms with Crippen LogP contribution in [0.15, 0.2) is 48.8 Å². The third-order valence-corrected chi connectivity index (χ3v) is 3.65. The summed E-state index contributed by atoms with van der Waals surface area (Å²) in [5, 5.41) is 0. The molecule has 2 aromatic rings. The van der Waals surface area contributed by atoms with Gasteiger partial charge in [0, 0.05) is 24.5 Å². The topological polar surface area (TPSA) is 50.3 Å². The molecule has 1 aromatic carbocycles. The summed E-state index contributed by atoms with van der Waals surface area (Å²) in [6.45, 7) is 0.535.